The van der Waals surface area contributed by atoms with Gasteiger partial charge in [-0.2, -0.15) is 11.8 Å². The molecule has 1 rings (SSSR count). The van der Waals surface area contributed by atoms with Gasteiger partial charge in [-0.3, -0.25) is 4.99 Å². The summed E-state index contributed by atoms with van der Waals surface area (Å²) in [5.74, 6) is 2.55. The molecule has 0 radical (unpaired) electrons. The van der Waals surface area contributed by atoms with Crippen LogP contribution < -0.4 is 15.4 Å². The van der Waals surface area contributed by atoms with E-state index in [-0.39, 0.29) is 41.6 Å². The van der Waals surface area contributed by atoms with E-state index in [4.69, 9.17) is 4.74 Å². The molecular weight excluding hydrogens is 428 g/mol. The first kappa shape index (κ1) is 22.0. The molecule has 2 N–H and O–H groups in total. The van der Waals surface area contributed by atoms with Gasteiger partial charge >= 0.3 is 0 Å². The third-order valence-electron chi connectivity index (χ3n) is 2.72. The fourth-order valence-corrected chi connectivity index (χ4v) is 2.25. The van der Waals surface area contributed by atoms with Gasteiger partial charge in [0.25, 0.3) is 0 Å². The van der Waals surface area contributed by atoms with Crippen molar-refractivity contribution in [1.82, 2.24) is 10.6 Å². The molecule has 1 aromatic rings. The number of para-hydroxylation sites is 1. The maximum atomic E-state index is 13.5. The lowest BCUT2D eigenvalue weighted by molar-refractivity contribution is 0.214. The van der Waals surface area contributed by atoms with Crippen LogP contribution >= 0.6 is 35.7 Å². The molecule has 7 heteroatoms. The van der Waals surface area contributed by atoms with Crippen molar-refractivity contribution in [3.63, 3.8) is 0 Å². The molecule has 1 unspecified atom stereocenters. The van der Waals surface area contributed by atoms with Gasteiger partial charge in [0.1, 0.15) is 6.10 Å². The predicted octanol–water partition coefficient (Wildman–Crippen LogP) is 3.30. The Bertz CT molecular complexity index is 488. The van der Waals surface area contributed by atoms with Crippen molar-refractivity contribution in [3.05, 3.63) is 42.7 Å². The second-order valence-electron chi connectivity index (χ2n) is 4.60. The molecular formula is C16H25FIN3OS. The van der Waals surface area contributed by atoms with Crippen LogP contribution in [-0.2, 0) is 0 Å². The van der Waals surface area contributed by atoms with Crippen LogP contribution in [0.3, 0.4) is 0 Å². The van der Waals surface area contributed by atoms with Gasteiger partial charge < -0.3 is 15.4 Å². The van der Waals surface area contributed by atoms with Crippen LogP contribution in [0.2, 0.25) is 0 Å². The smallest absolute Gasteiger partial charge is 0.191 e. The SMILES string of the molecule is C=CCSCCNC(=NC)NCC(C)Oc1ccccc1F.I. The number of halogens is 2. The highest BCUT2D eigenvalue weighted by atomic mass is 127. The Morgan fingerprint density at radius 1 is 1.43 bits per heavy atom. The second kappa shape index (κ2) is 13.5. The summed E-state index contributed by atoms with van der Waals surface area (Å²) in [4.78, 5) is 4.14. The molecule has 1 atom stereocenters. The van der Waals surface area contributed by atoms with Crippen LogP contribution in [0.25, 0.3) is 0 Å². The van der Waals surface area contributed by atoms with E-state index in [0.717, 1.165) is 18.1 Å². The highest BCUT2D eigenvalue weighted by Gasteiger charge is 2.08. The number of aliphatic imine (C=N–C) groups is 1. The summed E-state index contributed by atoms with van der Waals surface area (Å²) < 4.78 is 19.1. The van der Waals surface area contributed by atoms with Gasteiger partial charge in [-0.05, 0) is 19.1 Å². The second-order valence-corrected chi connectivity index (χ2v) is 5.75. The van der Waals surface area contributed by atoms with Crippen molar-refractivity contribution in [3.8, 4) is 5.75 Å². The summed E-state index contributed by atoms with van der Waals surface area (Å²) in [6, 6.07) is 6.40. The quantitative estimate of drug-likeness (QED) is 0.198. The lowest BCUT2D eigenvalue weighted by Gasteiger charge is -2.18. The Balaban J connectivity index is 0.00000484. The predicted molar refractivity (Wildman–Crippen MR) is 109 cm³/mol. The normalized spacial score (nSPS) is 12.0. The van der Waals surface area contributed by atoms with Crippen molar-refractivity contribution >= 4 is 41.7 Å². The summed E-state index contributed by atoms with van der Waals surface area (Å²) in [5.41, 5.74) is 0. The molecule has 23 heavy (non-hydrogen) atoms. The van der Waals surface area contributed by atoms with Crippen LogP contribution in [-0.4, -0.2) is 43.7 Å². The maximum absolute atomic E-state index is 13.5. The summed E-state index contributed by atoms with van der Waals surface area (Å²) in [6.45, 7) is 6.92. The monoisotopic (exact) mass is 453 g/mol. The summed E-state index contributed by atoms with van der Waals surface area (Å²) in [5, 5.41) is 6.37. The first-order valence-corrected chi connectivity index (χ1v) is 8.37. The van der Waals surface area contributed by atoms with Gasteiger partial charge in [0.15, 0.2) is 17.5 Å². The van der Waals surface area contributed by atoms with Crippen molar-refractivity contribution < 1.29 is 9.13 Å². The van der Waals surface area contributed by atoms with E-state index in [2.05, 4.69) is 22.2 Å². The minimum absolute atomic E-state index is 0. The van der Waals surface area contributed by atoms with Crippen molar-refractivity contribution in [2.24, 2.45) is 4.99 Å². The lowest BCUT2D eigenvalue weighted by Crippen LogP contribution is -2.42. The van der Waals surface area contributed by atoms with Crippen LogP contribution in [0.15, 0.2) is 41.9 Å². The van der Waals surface area contributed by atoms with Crippen molar-refractivity contribution in [1.29, 1.82) is 0 Å². The molecule has 0 aliphatic rings. The molecule has 0 saturated heterocycles. The van der Waals surface area contributed by atoms with Gasteiger partial charge in [0, 0.05) is 25.1 Å². The lowest BCUT2D eigenvalue weighted by atomic mass is 10.3. The average molecular weight is 453 g/mol. The molecule has 0 fully saturated rings. The van der Waals surface area contributed by atoms with E-state index in [1.54, 1.807) is 37.0 Å². The molecule has 0 aliphatic heterocycles. The zero-order valence-corrected chi connectivity index (χ0v) is 16.7. The van der Waals surface area contributed by atoms with E-state index in [9.17, 15) is 4.39 Å². The largest absolute Gasteiger partial charge is 0.486 e. The summed E-state index contributed by atoms with van der Waals surface area (Å²) in [6.07, 6.45) is 1.71. The van der Waals surface area contributed by atoms with Crippen molar-refractivity contribution in [2.45, 2.75) is 13.0 Å². The van der Waals surface area contributed by atoms with Gasteiger partial charge in [-0.15, -0.1) is 30.6 Å². The number of hydrogen-bond donors (Lipinski definition) is 2. The molecule has 130 valence electrons. The fourth-order valence-electron chi connectivity index (χ4n) is 1.67. The minimum atomic E-state index is -0.351. The molecule has 0 bridgehead atoms. The van der Waals surface area contributed by atoms with Crippen LogP contribution in [0.1, 0.15) is 6.92 Å². The third-order valence-corrected chi connectivity index (χ3v) is 3.68. The standard InChI is InChI=1S/C16H24FN3OS.HI/c1-4-10-22-11-9-19-16(18-3)20-12-13(2)21-15-8-6-5-7-14(15)17;/h4-8,13H,1,9-12H2,2-3H3,(H2,18,19,20);1H. The Morgan fingerprint density at radius 2 is 2.17 bits per heavy atom. The molecule has 0 amide bonds. The number of nitrogens with zero attached hydrogens (tertiary/aromatic N) is 1. The van der Waals surface area contributed by atoms with Gasteiger partial charge in [-0.1, -0.05) is 18.2 Å². The van der Waals surface area contributed by atoms with Gasteiger partial charge in [0.05, 0.1) is 6.54 Å². The van der Waals surface area contributed by atoms with E-state index in [1.165, 1.54) is 6.07 Å². The third kappa shape index (κ3) is 9.70. The molecule has 0 aliphatic carbocycles. The van der Waals surface area contributed by atoms with E-state index >= 15 is 0 Å². The molecule has 0 aromatic heterocycles. The molecule has 0 spiro atoms. The first-order chi connectivity index (χ1) is 10.7. The van der Waals surface area contributed by atoms with Crippen LogP contribution in [0.5, 0.6) is 5.75 Å². The highest BCUT2D eigenvalue weighted by Crippen LogP contribution is 2.16. The van der Waals surface area contributed by atoms with Crippen LogP contribution in [0.4, 0.5) is 4.39 Å². The first-order valence-electron chi connectivity index (χ1n) is 7.21. The Kier molecular flexibility index (Phi) is 12.9. The summed E-state index contributed by atoms with van der Waals surface area (Å²) in [7, 11) is 1.72. The van der Waals surface area contributed by atoms with Gasteiger partial charge in [0.2, 0.25) is 0 Å². The maximum Gasteiger partial charge on any atom is 0.191 e. The number of guanidine groups is 1. The Morgan fingerprint density at radius 3 is 2.83 bits per heavy atom. The number of rotatable bonds is 9. The zero-order chi connectivity index (χ0) is 16.2. The average Bonchev–Trinajstić information content (AvgIpc) is 2.52. The van der Waals surface area contributed by atoms with Crippen molar-refractivity contribution in [2.75, 3.05) is 31.6 Å². The van der Waals surface area contributed by atoms with E-state index in [0.29, 0.717) is 12.5 Å². The molecule has 0 saturated carbocycles. The summed E-state index contributed by atoms with van der Waals surface area (Å²) >= 11 is 1.80. The van der Waals surface area contributed by atoms with E-state index < -0.39 is 0 Å². The van der Waals surface area contributed by atoms with Gasteiger partial charge in [-0.25, -0.2) is 4.39 Å². The number of nitrogens with one attached hydrogen (secondary N) is 2. The number of thioether (sulfide) groups is 1. The fraction of sp³-hybridized carbons (Fsp3) is 0.438. The molecule has 0 heterocycles. The van der Waals surface area contributed by atoms with Crippen LogP contribution in [0, 0.1) is 5.82 Å². The highest BCUT2D eigenvalue weighted by molar-refractivity contribution is 14.0. The number of hydrogen-bond acceptors (Lipinski definition) is 3. The minimum Gasteiger partial charge on any atom is -0.486 e. The zero-order valence-electron chi connectivity index (χ0n) is 13.5. The number of ether oxygens (including phenoxy) is 1. The Labute approximate surface area is 159 Å². The Hall–Kier alpha value is -0.960. The molecule has 1 aromatic carbocycles. The molecule has 4 nitrogen and oxygen atoms in total. The topological polar surface area (TPSA) is 45.7 Å². The van der Waals surface area contributed by atoms with E-state index in [1.807, 2.05) is 13.0 Å². The number of benzene rings is 1.